The van der Waals surface area contributed by atoms with E-state index < -0.39 is 5.91 Å². The molecule has 34 heavy (non-hydrogen) atoms. The van der Waals surface area contributed by atoms with Gasteiger partial charge in [0.15, 0.2) is 5.69 Å². The second kappa shape index (κ2) is 10.8. The molecule has 0 aliphatic heterocycles. The lowest BCUT2D eigenvalue weighted by Gasteiger charge is -2.06. The summed E-state index contributed by atoms with van der Waals surface area (Å²) in [6, 6.07) is 17.1. The lowest BCUT2D eigenvalue weighted by molar-refractivity contribution is 0.0949. The quantitative estimate of drug-likeness (QED) is 0.213. The highest BCUT2D eigenvalue weighted by molar-refractivity contribution is 7.98. The Balaban J connectivity index is 1.53. The molecule has 0 aliphatic carbocycles. The number of benzene rings is 2. The fourth-order valence-electron chi connectivity index (χ4n) is 2.89. The van der Waals surface area contributed by atoms with E-state index in [1.165, 1.54) is 16.4 Å². The minimum absolute atomic E-state index is 0.0225. The first-order valence-electron chi connectivity index (χ1n) is 9.99. The first-order chi connectivity index (χ1) is 16.5. The summed E-state index contributed by atoms with van der Waals surface area (Å²) in [5.74, 6) is -0.0326. The van der Waals surface area contributed by atoms with Crippen molar-refractivity contribution < 1.29 is 9.42 Å². The lowest BCUT2D eigenvalue weighted by atomic mass is 10.1. The molecule has 0 aliphatic rings. The van der Waals surface area contributed by atoms with E-state index in [1.54, 1.807) is 18.3 Å². The molecule has 0 fully saturated rings. The van der Waals surface area contributed by atoms with Gasteiger partial charge in [0.2, 0.25) is 11.6 Å². The number of nitrogens with one attached hydrogen (secondary N) is 1. The number of aromatic nitrogens is 5. The van der Waals surface area contributed by atoms with Gasteiger partial charge < -0.3 is 5.73 Å². The molecule has 3 N–H and O–H groups in total. The topological polar surface area (TPSA) is 137 Å². The van der Waals surface area contributed by atoms with Crippen LogP contribution < -0.4 is 11.2 Å². The standard InChI is InChI=1S/C22H19ClN8O2S/c1-14(11-15-5-3-2-4-6-15)12-25-27-22(32)19-18(13-34-17-9-7-16(23)8-10-17)31(30-26-19)21-20(24)28-33-29-21/h2-12H,13H2,1H3,(H2,24,28)(H,27,32)/b14-11+,25-12+. The number of halogens is 1. The van der Waals surface area contributed by atoms with Gasteiger partial charge in [-0.15, -0.1) is 16.9 Å². The minimum atomic E-state index is -0.531. The molecule has 12 heteroatoms. The molecule has 2 aromatic heterocycles. The highest BCUT2D eigenvalue weighted by atomic mass is 35.5. The Morgan fingerprint density at radius 3 is 2.68 bits per heavy atom. The number of hydrogen-bond acceptors (Lipinski definition) is 9. The van der Waals surface area contributed by atoms with Crippen molar-refractivity contribution in [3.05, 3.63) is 82.1 Å². The molecule has 0 unspecified atom stereocenters. The molecule has 0 radical (unpaired) electrons. The van der Waals surface area contributed by atoms with E-state index in [0.717, 1.165) is 16.0 Å². The largest absolute Gasteiger partial charge is 0.378 e. The Morgan fingerprint density at radius 1 is 1.21 bits per heavy atom. The number of nitrogen functional groups attached to an aromatic ring is 1. The molecule has 0 bridgehead atoms. The Kier molecular flexibility index (Phi) is 7.35. The fourth-order valence-corrected chi connectivity index (χ4v) is 3.91. The number of hydrazone groups is 1. The van der Waals surface area contributed by atoms with Gasteiger partial charge in [-0.25, -0.2) is 10.1 Å². The second-order valence-electron chi connectivity index (χ2n) is 7.01. The van der Waals surface area contributed by atoms with E-state index in [2.05, 4.69) is 35.8 Å². The van der Waals surface area contributed by atoms with Gasteiger partial charge in [0, 0.05) is 15.7 Å². The second-order valence-corrected chi connectivity index (χ2v) is 8.50. The molecule has 10 nitrogen and oxygen atoms in total. The fraction of sp³-hybridized carbons (Fsp3) is 0.0909. The van der Waals surface area contributed by atoms with Crippen molar-refractivity contribution in [2.24, 2.45) is 5.10 Å². The number of amides is 1. The number of rotatable bonds is 8. The van der Waals surface area contributed by atoms with Crippen LogP contribution in [0.1, 0.15) is 28.7 Å². The molecule has 0 atom stereocenters. The molecule has 2 aromatic carbocycles. The summed E-state index contributed by atoms with van der Waals surface area (Å²) in [6.45, 7) is 1.88. The van der Waals surface area contributed by atoms with Gasteiger partial charge in [-0.3, -0.25) is 4.79 Å². The predicted octanol–water partition coefficient (Wildman–Crippen LogP) is 4.00. The van der Waals surface area contributed by atoms with Crippen molar-refractivity contribution in [2.45, 2.75) is 17.6 Å². The van der Waals surface area contributed by atoms with Gasteiger partial charge in [0.1, 0.15) is 0 Å². The Hall–Kier alpha value is -3.96. The summed E-state index contributed by atoms with van der Waals surface area (Å²) in [4.78, 5) is 13.8. The van der Waals surface area contributed by atoms with Crippen molar-refractivity contribution in [2.75, 3.05) is 5.73 Å². The first kappa shape index (κ1) is 23.2. The molecule has 4 rings (SSSR count). The van der Waals surface area contributed by atoms with Crippen molar-refractivity contribution in [3.8, 4) is 5.82 Å². The summed E-state index contributed by atoms with van der Waals surface area (Å²) in [6.07, 6.45) is 3.50. The Bertz CT molecular complexity index is 1330. The van der Waals surface area contributed by atoms with Gasteiger partial charge in [0.25, 0.3) is 5.91 Å². The number of carbonyl (C=O) groups excluding carboxylic acids is 1. The predicted molar refractivity (Wildman–Crippen MR) is 131 cm³/mol. The summed E-state index contributed by atoms with van der Waals surface area (Å²) in [5.41, 5.74) is 10.7. The van der Waals surface area contributed by atoms with Crippen LogP contribution in [0, 0.1) is 0 Å². The van der Waals surface area contributed by atoms with Crippen LogP contribution in [0.15, 0.2) is 74.8 Å². The van der Waals surface area contributed by atoms with E-state index in [1.807, 2.05) is 55.5 Å². The zero-order chi connectivity index (χ0) is 23.9. The number of allylic oxidation sites excluding steroid dienone is 1. The van der Waals surface area contributed by atoms with Gasteiger partial charge in [-0.05, 0) is 52.6 Å². The maximum Gasteiger partial charge on any atom is 0.293 e. The zero-order valence-electron chi connectivity index (χ0n) is 17.9. The first-order valence-corrected chi connectivity index (χ1v) is 11.4. The molecule has 0 saturated carbocycles. The van der Waals surface area contributed by atoms with E-state index in [-0.39, 0.29) is 17.3 Å². The zero-order valence-corrected chi connectivity index (χ0v) is 19.5. The average molecular weight is 495 g/mol. The van der Waals surface area contributed by atoms with Crippen LogP contribution in [0.5, 0.6) is 0 Å². The number of hydrogen-bond donors (Lipinski definition) is 2. The molecule has 2 heterocycles. The highest BCUT2D eigenvalue weighted by Gasteiger charge is 2.24. The third-order valence-electron chi connectivity index (χ3n) is 4.49. The van der Waals surface area contributed by atoms with Crippen LogP contribution in [0.4, 0.5) is 5.82 Å². The summed E-state index contributed by atoms with van der Waals surface area (Å²) < 4.78 is 6.00. The summed E-state index contributed by atoms with van der Waals surface area (Å²) in [5, 5.41) is 20.1. The van der Waals surface area contributed by atoms with Gasteiger partial charge in [-0.2, -0.15) is 9.78 Å². The van der Waals surface area contributed by atoms with Gasteiger partial charge in [0.05, 0.1) is 11.9 Å². The number of carbonyl (C=O) groups is 1. The molecular formula is C22H19ClN8O2S. The van der Waals surface area contributed by atoms with Crippen LogP contribution >= 0.6 is 23.4 Å². The summed E-state index contributed by atoms with van der Waals surface area (Å²) >= 11 is 7.42. The average Bonchev–Trinajstić information content (AvgIpc) is 3.45. The molecule has 4 aromatic rings. The third kappa shape index (κ3) is 5.69. The minimum Gasteiger partial charge on any atom is -0.378 e. The highest BCUT2D eigenvalue weighted by Crippen LogP contribution is 2.27. The van der Waals surface area contributed by atoms with Crippen molar-refractivity contribution >= 4 is 47.4 Å². The lowest BCUT2D eigenvalue weighted by Crippen LogP contribution is -2.20. The van der Waals surface area contributed by atoms with Crippen molar-refractivity contribution in [1.82, 2.24) is 30.7 Å². The number of thioether (sulfide) groups is 1. The summed E-state index contributed by atoms with van der Waals surface area (Å²) in [7, 11) is 0. The van der Waals surface area contributed by atoms with Crippen LogP contribution in [0.25, 0.3) is 11.9 Å². The normalized spacial score (nSPS) is 11.8. The van der Waals surface area contributed by atoms with Crippen LogP contribution in [0.3, 0.4) is 0 Å². The van der Waals surface area contributed by atoms with Crippen LogP contribution in [-0.4, -0.2) is 37.4 Å². The molecular weight excluding hydrogens is 476 g/mol. The van der Waals surface area contributed by atoms with Gasteiger partial charge >= 0.3 is 0 Å². The van der Waals surface area contributed by atoms with Gasteiger partial charge in [-0.1, -0.05) is 53.2 Å². The number of nitrogens with zero attached hydrogens (tertiary/aromatic N) is 6. The van der Waals surface area contributed by atoms with E-state index >= 15 is 0 Å². The Morgan fingerprint density at radius 2 is 1.97 bits per heavy atom. The maximum atomic E-state index is 12.9. The Labute approximate surface area is 203 Å². The molecule has 0 saturated heterocycles. The maximum absolute atomic E-state index is 12.9. The van der Waals surface area contributed by atoms with Crippen LogP contribution in [-0.2, 0) is 5.75 Å². The van der Waals surface area contributed by atoms with E-state index in [9.17, 15) is 4.79 Å². The number of nitrogens with two attached hydrogens (primary N) is 1. The van der Waals surface area contributed by atoms with Crippen molar-refractivity contribution in [3.63, 3.8) is 0 Å². The molecule has 1 amide bonds. The van der Waals surface area contributed by atoms with Crippen LogP contribution in [0.2, 0.25) is 5.02 Å². The van der Waals surface area contributed by atoms with E-state index in [0.29, 0.717) is 16.5 Å². The third-order valence-corrected chi connectivity index (χ3v) is 5.77. The SMILES string of the molecule is CC(/C=N/NC(=O)c1nnn(-c2nonc2N)c1CSc1ccc(Cl)cc1)=C\c1ccccc1. The van der Waals surface area contributed by atoms with E-state index in [4.69, 9.17) is 17.3 Å². The number of anilines is 1. The monoisotopic (exact) mass is 494 g/mol. The molecule has 0 spiro atoms. The van der Waals surface area contributed by atoms with Crippen molar-refractivity contribution in [1.29, 1.82) is 0 Å². The smallest absolute Gasteiger partial charge is 0.293 e. The molecule has 172 valence electrons.